The van der Waals surface area contributed by atoms with Crippen molar-refractivity contribution in [2.45, 2.75) is 11.8 Å². The topological polar surface area (TPSA) is 61.2 Å². The quantitative estimate of drug-likeness (QED) is 0.752. The smallest absolute Gasteiger partial charge is 0.207 e. The monoisotopic (exact) mass is 248 g/mol. The molecule has 0 saturated carbocycles. The number of hydrogen-bond acceptors (Lipinski definition) is 3. The Morgan fingerprint density at radius 1 is 1.47 bits per heavy atom. The van der Waals surface area contributed by atoms with Crippen LogP contribution in [0.2, 0.25) is 0 Å². The molecule has 1 rings (SSSR count). The first-order valence-corrected chi connectivity index (χ1v) is 6.44. The van der Waals surface area contributed by atoms with Gasteiger partial charge in [-0.2, -0.15) is 9.57 Å². The summed E-state index contributed by atoms with van der Waals surface area (Å²) in [6.07, 6.45) is 5.13. The van der Waals surface area contributed by atoms with Crippen LogP contribution in [0.1, 0.15) is 12.5 Å². The van der Waals surface area contributed by atoms with Gasteiger partial charge in [0.25, 0.3) is 0 Å². The fourth-order valence-electron chi connectivity index (χ4n) is 1.34. The van der Waals surface area contributed by atoms with E-state index in [1.54, 1.807) is 13.0 Å². The van der Waals surface area contributed by atoms with Crippen molar-refractivity contribution in [2.24, 2.45) is 0 Å². The third kappa shape index (κ3) is 2.85. The van der Waals surface area contributed by atoms with E-state index in [9.17, 15) is 8.42 Å². The highest BCUT2D eigenvalue weighted by molar-refractivity contribution is 7.89. The Bertz CT molecular complexity index is 579. The van der Waals surface area contributed by atoms with Gasteiger partial charge in [0, 0.05) is 6.54 Å². The van der Waals surface area contributed by atoms with Crippen LogP contribution in [0.5, 0.6) is 0 Å². The molecule has 0 aromatic heterocycles. The van der Waals surface area contributed by atoms with Crippen LogP contribution in [0.3, 0.4) is 0 Å². The molecule has 88 valence electrons. The molecule has 1 aromatic carbocycles. The average molecular weight is 248 g/mol. The van der Waals surface area contributed by atoms with Crippen LogP contribution in [0.25, 0.3) is 0 Å². The Morgan fingerprint density at radius 3 is 2.71 bits per heavy atom. The third-order valence-corrected chi connectivity index (χ3v) is 4.14. The Balaban J connectivity index is 3.22. The molecule has 1 aromatic rings. The lowest BCUT2D eigenvalue weighted by Crippen LogP contribution is -2.31. The molecule has 0 bridgehead atoms. The van der Waals surface area contributed by atoms with Crippen molar-refractivity contribution in [1.29, 1.82) is 5.26 Å². The molecule has 0 amide bonds. The standard InChI is InChI=1S/C12H12N2O2S/c1-3-8-14(4-2)17(15,16)12-7-5-6-11(9-12)10-13/h1,5-7,9H,4,8H2,2H3. The van der Waals surface area contributed by atoms with Gasteiger partial charge in [-0.15, -0.1) is 6.42 Å². The molecule has 4 nitrogen and oxygen atoms in total. The van der Waals surface area contributed by atoms with Crippen molar-refractivity contribution < 1.29 is 8.42 Å². The van der Waals surface area contributed by atoms with E-state index in [1.807, 2.05) is 6.07 Å². The van der Waals surface area contributed by atoms with Crippen molar-refractivity contribution in [3.63, 3.8) is 0 Å². The minimum Gasteiger partial charge on any atom is -0.207 e. The maximum Gasteiger partial charge on any atom is 0.243 e. The first-order valence-electron chi connectivity index (χ1n) is 5.00. The van der Waals surface area contributed by atoms with Gasteiger partial charge in [-0.25, -0.2) is 8.42 Å². The van der Waals surface area contributed by atoms with Gasteiger partial charge >= 0.3 is 0 Å². The van der Waals surface area contributed by atoms with E-state index < -0.39 is 10.0 Å². The number of benzene rings is 1. The zero-order chi connectivity index (χ0) is 12.9. The predicted octanol–water partition coefficient (Wildman–Crippen LogP) is 1.20. The lowest BCUT2D eigenvalue weighted by Gasteiger charge is -2.17. The normalized spacial score (nSPS) is 10.8. The highest BCUT2D eigenvalue weighted by Crippen LogP contribution is 2.16. The van der Waals surface area contributed by atoms with Gasteiger partial charge in [0.2, 0.25) is 10.0 Å². The van der Waals surface area contributed by atoms with Gasteiger partial charge in [-0.05, 0) is 18.2 Å². The Hall–Kier alpha value is -1.82. The van der Waals surface area contributed by atoms with Crippen LogP contribution in [-0.2, 0) is 10.0 Å². The van der Waals surface area contributed by atoms with Crippen LogP contribution in [0.4, 0.5) is 0 Å². The number of rotatable bonds is 4. The predicted molar refractivity (Wildman–Crippen MR) is 64.4 cm³/mol. The average Bonchev–Trinajstić information content (AvgIpc) is 2.35. The van der Waals surface area contributed by atoms with Gasteiger partial charge in [-0.3, -0.25) is 0 Å². The van der Waals surface area contributed by atoms with Gasteiger partial charge in [0.1, 0.15) is 0 Å². The minimum absolute atomic E-state index is 0.0234. The maximum absolute atomic E-state index is 12.1. The molecule has 0 spiro atoms. The first kappa shape index (κ1) is 13.2. The number of sulfonamides is 1. The van der Waals surface area contributed by atoms with Crippen LogP contribution in [0, 0.1) is 23.7 Å². The number of nitrogens with zero attached hydrogens (tertiary/aromatic N) is 2. The molecule has 0 N–H and O–H groups in total. The van der Waals surface area contributed by atoms with Gasteiger partial charge in [0.15, 0.2) is 0 Å². The van der Waals surface area contributed by atoms with E-state index in [0.717, 1.165) is 0 Å². The molecular formula is C12H12N2O2S. The molecule has 0 radical (unpaired) electrons. The van der Waals surface area contributed by atoms with Crippen molar-refractivity contribution in [3.8, 4) is 18.4 Å². The third-order valence-electron chi connectivity index (χ3n) is 2.22. The molecule has 0 aliphatic rings. The number of nitriles is 1. The lowest BCUT2D eigenvalue weighted by molar-refractivity contribution is 0.464. The molecule has 17 heavy (non-hydrogen) atoms. The maximum atomic E-state index is 12.1. The summed E-state index contributed by atoms with van der Waals surface area (Å²) in [4.78, 5) is 0.0913. The molecule has 0 aliphatic heterocycles. The molecule has 5 heteroatoms. The van der Waals surface area contributed by atoms with Gasteiger partial charge < -0.3 is 0 Å². The Morgan fingerprint density at radius 2 is 2.18 bits per heavy atom. The molecule has 0 unspecified atom stereocenters. The van der Waals surface area contributed by atoms with Crippen LogP contribution < -0.4 is 0 Å². The highest BCUT2D eigenvalue weighted by atomic mass is 32.2. The molecule has 0 aliphatic carbocycles. The summed E-state index contributed by atoms with van der Waals surface area (Å²) in [6.45, 7) is 2.03. The number of hydrogen-bond donors (Lipinski definition) is 0. The van der Waals surface area contributed by atoms with E-state index in [4.69, 9.17) is 11.7 Å². The second-order valence-electron chi connectivity index (χ2n) is 3.27. The summed E-state index contributed by atoms with van der Waals surface area (Å²) < 4.78 is 25.5. The van der Waals surface area contributed by atoms with Crippen LogP contribution in [-0.4, -0.2) is 25.8 Å². The van der Waals surface area contributed by atoms with Crippen LogP contribution in [0.15, 0.2) is 29.2 Å². The van der Waals surface area contributed by atoms with Crippen LogP contribution >= 0.6 is 0 Å². The van der Waals surface area contributed by atoms with E-state index in [2.05, 4.69) is 5.92 Å². The fraction of sp³-hybridized carbons (Fsp3) is 0.250. The number of terminal acetylenes is 1. The van der Waals surface area contributed by atoms with Crippen molar-refractivity contribution >= 4 is 10.0 Å². The van der Waals surface area contributed by atoms with E-state index in [0.29, 0.717) is 12.1 Å². The minimum atomic E-state index is -3.61. The molecule has 0 atom stereocenters. The summed E-state index contributed by atoms with van der Waals surface area (Å²) in [5.74, 6) is 2.30. The summed E-state index contributed by atoms with van der Waals surface area (Å²) in [5, 5.41) is 8.74. The summed E-state index contributed by atoms with van der Waals surface area (Å²) in [6, 6.07) is 7.79. The molecular weight excluding hydrogens is 236 g/mol. The summed E-state index contributed by atoms with van der Waals surface area (Å²) in [7, 11) is -3.61. The second-order valence-corrected chi connectivity index (χ2v) is 5.21. The van der Waals surface area contributed by atoms with E-state index >= 15 is 0 Å². The van der Waals surface area contributed by atoms with Gasteiger partial charge in [-0.1, -0.05) is 18.9 Å². The summed E-state index contributed by atoms with van der Waals surface area (Å²) >= 11 is 0. The fourth-order valence-corrected chi connectivity index (χ4v) is 2.75. The van der Waals surface area contributed by atoms with Crippen molar-refractivity contribution in [2.75, 3.05) is 13.1 Å². The highest BCUT2D eigenvalue weighted by Gasteiger charge is 2.22. The largest absolute Gasteiger partial charge is 0.243 e. The molecule has 0 saturated heterocycles. The van der Waals surface area contributed by atoms with Gasteiger partial charge in [0.05, 0.1) is 23.1 Å². The Kier molecular flexibility index (Phi) is 4.28. The van der Waals surface area contributed by atoms with E-state index in [1.165, 1.54) is 22.5 Å². The summed E-state index contributed by atoms with van der Waals surface area (Å²) in [5.41, 5.74) is 0.308. The van der Waals surface area contributed by atoms with E-state index in [-0.39, 0.29) is 11.4 Å². The zero-order valence-electron chi connectivity index (χ0n) is 9.42. The Labute approximate surface area is 102 Å². The SMILES string of the molecule is C#CCN(CC)S(=O)(=O)c1cccc(C#N)c1. The van der Waals surface area contributed by atoms with Crippen molar-refractivity contribution in [3.05, 3.63) is 29.8 Å². The first-order chi connectivity index (χ1) is 8.06. The second kappa shape index (κ2) is 5.49. The lowest BCUT2D eigenvalue weighted by atomic mass is 10.2. The molecule has 0 fully saturated rings. The van der Waals surface area contributed by atoms with Crippen molar-refractivity contribution in [1.82, 2.24) is 4.31 Å². The molecule has 0 heterocycles. The zero-order valence-corrected chi connectivity index (χ0v) is 10.2.